The molecule has 2 heterocycles. The normalized spacial score (nSPS) is 15.2. The van der Waals surface area contributed by atoms with E-state index in [0.29, 0.717) is 38.2 Å². The summed E-state index contributed by atoms with van der Waals surface area (Å²) in [5.41, 5.74) is 0.690. The van der Waals surface area contributed by atoms with Crippen molar-refractivity contribution >= 4 is 11.8 Å². The minimum Gasteiger partial charge on any atom is -0.367 e. The van der Waals surface area contributed by atoms with Gasteiger partial charge in [-0.2, -0.15) is 0 Å². The minimum atomic E-state index is -1.04. The quantitative estimate of drug-likeness (QED) is 0.917. The second kappa shape index (κ2) is 6.82. The van der Waals surface area contributed by atoms with E-state index in [2.05, 4.69) is 4.98 Å². The molecule has 5 nitrogen and oxygen atoms in total. The summed E-state index contributed by atoms with van der Waals surface area (Å²) >= 11 is 0. The van der Waals surface area contributed by atoms with Crippen LogP contribution in [0, 0.1) is 11.6 Å². The highest BCUT2D eigenvalue weighted by Gasteiger charge is 2.24. The third kappa shape index (κ3) is 3.29. The van der Waals surface area contributed by atoms with Crippen molar-refractivity contribution in [2.24, 2.45) is 0 Å². The van der Waals surface area contributed by atoms with Crippen LogP contribution < -0.4 is 0 Å². The number of carbonyl (C=O) groups is 2. The van der Waals surface area contributed by atoms with E-state index in [1.807, 2.05) is 0 Å². The lowest BCUT2D eigenvalue weighted by atomic mass is 10.2. The second-order valence-electron chi connectivity index (χ2n) is 5.67. The van der Waals surface area contributed by atoms with Crippen LogP contribution in [0.2, 0.25) is 0 Å². The lowest BCUT2D eigenvalue weighted by Gasteiger charge is -2.22. The average Bonchev–Trinajstić information content (AvgIpc) is 3.00. The van der Waals surface area contributed by atoms with Crippen molar-refractivity contribution in [2.45, 2.75) is 6.42 Å². The van der Waals surface area contributed by atoms with Gasteiger partial charge in [-0.3, -0.25) is 9.59 Å². The van der Waals surface area contributed by atoms with E-state index >= 15 is 0 Å². The molecule has 24 heavy (non-hydrogen) atoms. The predicted octanol–water partition coefficient (Wildman–Crippen LogP) is 2.28. The molecule has 1 fully saturated rings. The van der Waals surface area contributed by atoms with Crippen LogP contribution >= 0.6 is 0 Å². The van der Waals surface area contributed by atoms with E-state index < -0.39 is 11.6 Å². The minimum absolute atomic E-state index is 0.0848. The first-order valence-corrected chi connectivity index (χ1v) is 7.72. The summed E-state index contributed by atoms with van der Waals surface area (Å²) in [6.07, 6.45) is 3.95. The summed E-state index contributed by atoms with van der Waals surface area (Å²) in [4.78, 5) is 30.9. The Labute approximate surface area is 137 Å². The van der Waals surface area contributed by atoms with Crippen LogP contribution in [0.3, 0.4) is 0 Å². The number of aromatic nitrogens is 1. The van der Waals surface area contributed by atoms with E-state index in [9.17, 15) is 18.4 Å². The molecule has 2 amide bonds. The number of H-pyrrole nitrogens is 1. The molecular formula is C17H17F2N3O2. The Balaban J connectivity index is 1.67. The summed E-state index contributed by atoms with van der Waals surface area (Å²) in [7, 11) is 0. The highest BCUT2D eigenvalue weighted by atomic mass is 19.2. The maximum absolute atomic E-state index is 13.3. The molecule has 7 heteroatoms. The van der Waals surface area contributed by atoms with Gasteiger partial charge in [-0.05, 0) is 30.7 Å². The first-order chi connectivity index (χ1) is 11.6. The average molecular weight is 333 g/mol. The molecule has 1 aromatic heterocycles. The van der Waals surface area contributed by atoms with Crippen molar-refractivity contribution in [1.82, 2.24) is 14.8 Å². The van der Waals surface area contributed by atoms with Crippen LogP contribution in [0.5, 0.6) is 0 Å². The molecule has 0 aliphatic carbocycles. The Morgan fingerprint density at radius 2 is 1.54 bits per heavy atom. The van der Waals surface area contributed by atoms with E-state index in [0.717, 1.165) is 12.1 Å². The van der Waals surface area contributed by atoms with Gasteiger partial charge in [0.1, 0.15) is 0 Å². The van der Waals surface area contributed by atoms with Gasteiger partial charge in [0.2, 0.25) is 0 Å². The molecule has 1 aliphatic rings. The lowest BCUT2D eigenvalue weighted by molar-refractivity contribution is 0.0718. The molecule has 3 rings (SSSR count). The van der Waals surface area contributed by atoms with Gasteiger partial charge in [0.15, 0.2) is 11.6 Å². The van der Waals surface area contributed by atoms with Gasteiger partial charge in [-0.15, -0.1) is 0 Å². The predicted molar refractivity (Wildman–Crippen MR) is 83.6 cm³/mol. The number of nitrogens with zero attached hydrogens (tertiary/aromatic N) is 2. The number of amides is 2. The molecule has 0 atom stereocenters. The van der Waals surface area contributed by atoms with E-state index in [-0.39, 0.29) is 17.4 Å². The number of benzene rings is 1. The third-order valence-electron chi connectivity index (χ3n) is 4.08. The molecule has 2 aromatic rings. The summed E-state index contributed by atoms with van der Waals surface area (Å²) in [5.74, 6) is -2.46. The summed E-state index contributed by atoms with van der Waals surface area (Å²) in [5, 5.41) is 0. The summed E-state index contributed by atoms with van der Waals surface area (Å²) in [6, 6.07) is 4.83. The molecule has 1 N–H and O–H groups in total. The molecular weight excluding hydrogens is 316 g/mol. The van der Waals surface area contributed by atoms with Gasteiger partial charge >= 0.3 is 0 Å². The van der Waals surface area contributed by atoms with E-state index in [1.54, 1.807) is 28.3 Å². The van der Waals surface area contributed by atoms with Gasteiger partial charge in [-0.1, -0.05) is 0 Å². The van der Waals surface area contributed by atoms with Gasteiger partial charge in [-0.25, -0.2) is 8.78 Å². The second-order valence-corrected chi connectivity index (χ2v) is 5.67. The smallest absolute Gasteiger partial charge is 0.255 e. The number of aromatic amines is 1. The molecule has 0 saturated carbocycles. The van der Waals surface area contributed by atoms with Crippen molar-refractivity contribution in [1.29, 1.82) is 0 Å². The molecule has 1 saturated heterocycles. The SMILES string of the molecule is O=C(c1cc[nH]c1)N1CCCN(C(=O)c2ccc(F)c(F)c2)CC1. The van der Waals surface area contributed by atoms with Crippen molar-refractivity contribution in [3.8, 4) is 0 Å². The molecule has 1 aromatic carbocycles. The van der Waals surface area contributed by atoms with Crippen LogP contribution in [0.1, 0.15) is 27.1 Å². The number of halogens is 2. The van der Waals surface area contributed by atoms with Crippen molar-refractivity contribution in [3.63, 3.8) is 0 Å². The standard InChI is InChI=1S/C17H17F2N3O2/c18-14-3-2-12(10-15(14)19)16(23)21-6-1-7-22(9-8-21)17(24)13-4-5-20-11-13/h2-5,10-11,20H,1,6-9H2. The molecule has 0 radical (unpaired) electrons. The van der Waals surface area contributed by atoms with Crippen LogP contribution in [-0.4, -0.2) is 52.8 Å². The fourth-order valence-corrected chi connectivity index (χ4v) is 2.77. The first-order valence-electron chi connectivity index (χ1n) is 7.72. The first kappa shape index (κ1) is 16.2. The number of hydrogen-bond acceptors (Lipinski definition) is 2. The van der Waals surface area contributed by atoms with Crippen LogP contribution in [0.4, 0.5) is 8.78 Å². The topological polar surface area (TPSA) is 56.4 Å². The van der Waals surface area contributed by atoms with Crippen LogP contribution in [0.15, 0.2) is 36.7 Å². The molecule has 0 bridgehead atoms. The maximum Gasteiger partial charge on any atom is 0.255 e. The number of hydrogen-bond donors (Lipinski definition) is 1. The van der Waals surface area contributed by atoms with Crippen molar-refractivity contribution < 1.29 is 18.4 Å². The molecule has 126 valence electrons. The number of nitrogens with one attached hydrogen (secondary N) is 1. The number of carbonyl (C=O) groups excluding carboxylic acids is 2. The lowest BCUT2D eigenvalue weighted by Crippen LogP contribution is -2.37. The molecule has 0 unspecified atom stereocenters. The zero-order valence-corrected chi connectivity index (χ0v) is 13.0. The van der Waals surface area contributed by atoms with Gasteiger partial charge in [0, 0.05) is 44.1 Å². The highest BCUT2D eigenvalue weighted by molar-refractivity contribution is 5.95. The Hall–Kier alpha value is -2.70. The van der Waals surface area contributed by atoms with Gasteiger partial charge < -0.3 is 14.8 Å². The summed E-state index contributed by atoms with van der Waals surface area (Å²) < 4.78 is 26.3. The zero-order chi connectivity index (χ0) is 17.1. The van der Waals surface area contributed by atoms with Crippen molar-refractivity contribution in [3.05, 3.63) is 59.4 Å². The monoisotopic (exact) mass is 333 g/mol. The Bertz CT molecular complexity index is 746. The maximum atomic E-state index is 13.3. The Morgan fingerprint density at radius 3 is 2.12 bits per heavy atom. The molecule has 1 aliphatic heterocycles. The fraction of sp³-hybridized carbons (Fsp3) is 0.294. The Kier molecular flexibility index (Phi) is 4.59. The van der Waals surface area contributed by atoms with Crippen LogP contribution in [-0.2, 0) is 0 Å². The Morgan fingerprint density at radius 1 is 0.875 bits per heavy atom. The third-order valence-corrected chi connectivity index (χ3v) is 4.08. The number of rotatable bonds is 2. The van der Waals surface area contributed by atoms with E-state index in [1.165, 1.54) is 6.07 Å². The fourth-order valence-electron chi connectivity index (χ4n) is 2.77. The van der Waals surface area contributed by atoms with E-state index in [4.69, 9.17) is 0 Å². The van der Waals surface area contributed by atoms with Crippen molar-refractivity contribution in [2.75, 3.05) is 26.2 Å². The molecule has 0 spiro atoms. The highest BCUT2D eigenvalue weighted by Crippen LogP contribution is 2.14. The largest absolute Gasteiger partial charge is 0.367 e. The van der Waals surface area contributed by atoms with Gasteiger partial charge in [0.25, 0.3) is 11.8 Å². The zero-order valence-electron chi connectivity index (χ0n) is 13.0. The van der Waals surface area contributed by atoms with Gasteiger partial charge in [0.05, 0.1) is 5.56 Å². The summed E-state index contributed by atoms with van der Waals surface area (Å²) in [6.45, 7) is 1.77. The van der Waals surface area contributed by atoms with Crippen LogP contribution in [0.25, 0.3) is 0 Å².